The second-order valence-corrected chi connectivity index (χ2v) is 9.70. The second-order valence-electron chi connectivity index (χ2n) is 9.70. The van der Waals surface area contributed by atoms with Crippen LogP contribution in [0, 0.1) is 6.92 Å². The van der Waals surface area contributed by atoms with Crippen LogP contribution in [0.4, 0.5) is 11.4 Å². The summed E-state index contributed by atoms with van der Waals surface area (Å²) >= 11 is 0. The highest BCUT2D eigenvalue weighted by Crippen LogP contribution is 2.44. The molecule has 2 aromatic heterocycles. The molecule has 0 atom stereocenters. The van der Waals surface area contributed by atoms with Gasteiger partial charge in [-0.1, -0.05) is 6.07 Å². The number of aromatic amines is 1. The van der Waals surface area contributed by atoms with Crippen LogP contribution >= 0.6 is 0 Å². The maximum Gasteiger partial charge on any atom is 0.250 e. The van der Waals surface area contributed by atoms with Gasteiger partial charge in [0.2, 0.25) is 5.56 Å². The summed E-state index contributed by atoms with van der Waals surface area (Å²) in [7, 11) is 1.64. The van der Waals surface area contributed by atoms with Crippen molar-refractivity contribution in [3.8, 4) is 28.5 Å². The predicted molar refractivity (Wildman–Crippen MR) is 148 cm³/mol. The number of H-pyrrole nitrogens is 1. The molecule has 0 amide bonds. The average molecular weight is 511 g/mol. The van der Waals surface area contributed by atoms with E-state index in [4.69, 9.17) is 14.2 Å². The van der Waals surface area contributed by atoms with Gasteiger partial charge in [0.05, 0.1) is 32.2 Å². The third-order valence-electron chi connectivity index (χ3n) is 6.96. The monoisotopic (exact) mass is 510 g/mol. The van der Waals surface area contributed by atoms with Crippen LogP contribution < -0.4 is 25.2 Å². The van der Waals surface area contributed by atoms with Gasteiger partial charge in [0.25, 0.3) is 0 Å². The Labute approximate surface area is 221 Å². The lowest BCUT2D eigenvalue weighted by Crippen LogP contribution is -2.36. The standard InChI is InChI=1S/C30H30N4O4/c1-19-9-22-12-21-13-23(32-17-20-11-25(36-2)18-31-16-20)3-4-28(21)38-30(22)26(10-19)27-14-24(15-29(35)33-27)34-5-7-37-8-6-34/h3-4,9-11,13-16,18,32H,5-8,12,17H2,1-2H3,(H,33,35). The molecular formula is C30H30N4O4. The highest BCUT2D eigenvalue weighted by Gasteiger charge is 2.23. The van der Waals surface area contributed by atoms with Gasteiger partial charge in [-0.2, -0.15) is 0 Å². The highest BCUT2D eigenvalue weighted by atomic mass is 16.5. The molecule has 0 spiro atoms. The van der Waals surface area contributed by atoms with Crippen molar-refractivity contribution in [3.05, 3.63) is 93.5 Å². The summed E-state index contributed by atoms with van der Waals surface area (Å²) in [5.41, 5.74) is 7.79. The van der Waals surface area contributed by atoms with E-state index in [1.54, 1.807) is 19.4 Å². The maximum absolute atomic E-state index is 12.6. The van der Waals surface area contributed by atoms with E-state index in [9.17, 15) is 4.79 Å². The van der Waals surface area contributed by atoms with Gasteiger partial charge < -0.3 is 29.4 Å². The Morgan fingerprint density at radius 2 is 1.92 bits per heavy atom. The highest BCUT2D eigenvalue weighted by molar-refractivity contribution is 5.75. The molecule has 0 bridgehead atoms. The Balaban J connectivity index is 1.28. The van der Waals surface area contributed by atoms with E-state index in [1.165, 1.54) is 0 Å². The average Bonchev–Trinajstić information content (AvgIpc) is 2.94. The van der Waals surface area contributed by atoms with Crippen molar-refractivity contribution in [2.45, 2.75) is 19.9 Å². The number of fused-ring (bicyclic) bond motifs is 2. The van der Waals surface area contributed by atoms with E-state index in [0.29, 0.717) is 19.8 Å². The molecule has 0 saturated carbocycles. The van der Waals surface area contributed by atoms with Crippen LogP contribution in [0.15, 0.2) is 65.7 Å². The number of benzene rings is 2. The number of hydrogen-bond acceptors (Lipinski definition) is 7. The first-order valence-electron chi connectivity index (χ1n) is 12.8. The fourth-order valence-corrected chi connectivity index (χ4v) is 5.10. The number of aromatic nitrogens is 2. The quantitative estimate of drug-likeness (QED) is 0.336. The molecule has 0 radical (unpaired) electrons. The molecule has 2 aliphatic heterocycles. The molecule has 1 fully saturated rings. The van der Waals surface area contributed by atoms with Gasteiger partial charge in [-0.05, 0) is 54.4 Å². The predicted octanol–water partition coefficient (Wildman–Crippen LogP) is 4.90. The number of methoxy groups -OCH3 is 1. The van der Waals surface area contributed by atoms with Crippen molar-refractivity contribution in [2.24, 2.45) is 0 Å². The Hall–Kier alpha value is -4.30. The third kappa shape index (κ3) is 4.95. The first kappa shape index (κ1) is 24.1. The fourth-order valence-electron chi connectivity index (χ4n) is 5.10. The lowest BCUT2D eigenvalue weighted by molar-refractivity contribution is 0.122. The molecule has 1 saturated heterocycles. The van der Waals surface area contributed by atoms with Crippen LogP contribution in [-0.2, 0) is 17.7 Å². The molecule has 8 heteroatoms. The number of hydrogen-bond donors (Lipinski definition) is 2. The zero-order valence-corrected chi connectivity index (χ0v) is 21.5. The van der Waals surface area contributed by atoms with Gasteiger partial charge in [0.1, 0.15) is 17.2 Å². The van der Waals surface area contributed by atoms with Crippen LogP contribution in [0.25, 0.3) is 11.3 Å². The van der Waals surface area contributed by atoms with Crippen molar-refractivity contribution in [1.82, 2.24) is 9.97 Å². The van der Waals surface area contributed by atoms with Gasteiger partial charge >= 0.3 is 0 Å². The number of nitrogens with one attached hydrogen (secondary N) is 2. The number of anilines is 2. The molecule has 8 nitrogen and oxygen atoms in total. The third-order valence-corrected chi connectivity index (χ3v) is 6.96. The zero-order chi connectivity index (χ0) is 26.1. The maximum atomic E-state index is 12.6. The van der Waals surface area contributed by atoms with E-state index in [-0.39, 0.29) is 5.56 Å². The Morgan fingerprint density at radius 3 is 2.76 bits per heavy atom. The molecule has 4 heterocycles. The van der Waals surface area contributed by atoms with Crippen LogP contribution in [0.3, 0.4) is 0 Å². The second kappa shape index (κ2) is 10.2. The molecule has 2 aromatic carbocycles. The normalized spacial score (nSPS) is 14.3. The van der Waals surface area contributed by atoms with Crippen LogP contribution in [0.5, 0.6) is 17.2 Å². The molecule has 6 rings (SSSR count). The number of aryl methyl sites for hydroxylation is 1. The molecule has 2 N–H and O–H groups in total. The molecule has 194 valence electrons. The van der Waals surface area contributed by atoms with Crippen molar-refractivity contribution in [3.63, 3.8) is 0 Å². The molecule has 38 heavy (non-hydrogen) atoms. The van der Waals surface area contributed by atoms with Crippen LogP contribution in [-0.4, -0.2) is 43.4 Å². The number of ether oxygens (including phenoxy) is 3. The first-order chi connectivity index (χ1) is 18.6. The largest absolute Gasteiger partial charge is 0.495 e. The van der Waals surface area contributed by atoms with Crippen molar-refractivity contribution in [1.29, 1.82) is 0 Å². The summed E-state index contributed by atoms with van der Waals surface area (Å²) in [6, 6.07) is 16.1. The Kier molecular flexibility index (Phi) is 6.47. The summed E-state index contributed by atoms with van der Waals surface area (Å²) in [6.07, 6.45) is 4.26. The number of pyridine rings is 2. The van der Waals surface area contributed by atoms with Crippen LogP contribution in [0.2, 0.25) is 0 Å². The minimum atomic E-state index is -0.127. The van der Waals surface area contributed by atoms with Gasteiger partial charge in [-0.15, -0.1) is 0 Å². The zero-order valence-electron chi connectivity index (χ0n) is 21.5. The van der Waals surface area contributed by atoms with Gasteiger partial charge in [-0.25, -0.2) is 0 Å². The summed E-state index contributed by atoms with van der Waals surface area (Å²) < 4.78 is 17.2. The van der Waals surface area contributed by atoms with Crippen molar-refractivity contribution in [2.75, 3.05) is 43.6 Å². The number of nitrogens with zero attached hydrogens (tertiary/aromatic N) is 2. The lowest BCUT2D eigenvalue weighted by Gasteiger charge is -2.29. The van der Waals surface area contributed by atoms with Gasteiger partial charge in [-0.3, -0.25) is 9.78 Å². The fraction of sp³-hybridized carbons (Fsp3) is 0.267. The summed E-state index contributed by atoms with van der Waals surface area (Å²) in [5.74, 6) is 2.35. The molecule has 0 aliphatic carbocycles. The topological polar surface area (TPSA) is 88.7 Å². The lowest BCUT2D eigenvalue weighted by atomic mass is 9.94. The van der Waals surface area contributed by atoms with E-state index in [1.807, 2.05) is 30.5 Å². The molecule has 2 aliphatic rings. The smallest absolute Gasteiger partial charge is 0.250 e. The van der Waals surface area contributed by atoms with E-state index >= 15 is 0 Å². The summed E-state index contributed by atoms with van der Waals surface area (Å²) in [6.45, 7) is 5.57. The molecule has 4 aromatic rings. The first-order valence-corrected chi connectivity index (χ1v) is 12.8. The van der Waals surface area contributed by atoms with Gasteiger partial charge in [0, 0.05) is 66.4 Å². The number of rotatable bonds is 6. The molecular weight excluding hydrogens is 480 g/mol. The van der Waals surface area contributed by atoms with E-state index in [0.717, 1.165) is 81.6 Å². The Morgan fingerprint density at radius 1 is 1.05 bits per heavy atom. The molecule has 0 unspecified atom stereocenters. The summed E-state index contributed by atoms with van der Waals surface area (Å²) in [4.78, 5) is 22.1. The Bertz CT molecular complexity index is 1540. The van der Waals surface area contributed by atoms with Crippen molar-refractivity contribution < 1.29 is 14.2 Å². The number of morpholine rings is 1. The van der Waals surface area contributed by atoms with E-state index in [2.05, 4.69) is 45.3 Å². The van der Waals surface area contributed by atoms with E-state index < -0.39 is 0 Å². The summed E-state index contributed by atoms with van der Waals surface area (Å²) in [5, 5.41) is 3.47. The van der Waals surface area contributed by atoms with Gasteiger partial charge in [0.15, 0.2) is 0 Å². The van der Waals surface area contributed by atoms with Crippen LogP contribution in [0.1, 0.15) is 22.3 Å². The van der Waals surface area contributed by atoms with Crippen molar-refractivity contribution >= 4 is 11.4 Å². The SMILES string of the molecule is COc1cncc(CNc2ccc3c(c2)Cc2cc(C)cc(-c4cc(N5CCOCC5)cc(=O)[nH]4)c2O3)c1. The minimum Gasteiger partial charge on any atom is -0.495 e. The minimum absolute atomic E-state index is 0.127.